The minimum Gasteiger partial charge on any atom is -0.466 e. The van der Waals surface area contributed by atoms with Crippen LogP contribution in [0.3, 0.4) is 0 Å². The molecule has 6 heteroatoms. The number of nitrogens with zero attached hydrogens (tertiary/aromatic N) is 1. The number of esters is 1. The second-order valence-electron chi connectivity index (χ2n) is 14.3. The van der Waals surface area contributed by atoms with Crippen molar-refractivity contribution < 1.29 is 24.1 Å². The summed E-state index contributed by atoms with van der Waals surface area (Å²) < 4.78 is 17.8. The fraction of sp³-hybridized carbons (Fsp3) is 0.886. The highest BCUT2D eigenvalue weighted by molar-refractivity contribution is 5.69. The van der Waals surface area contributed by atoms with Crippen LogP contribution in [0.15, 0.2) is 24.3 Å². The first-order chi connectivity index (χ1) is 24.7. The molecule has 0 heterocycles. The van der Waals surface area contributed by atoms with Gasteiger partial charge in [0.05, 0.1) is 13.2 Å². The maximum absolute atomic E-state index is 12.0. The van der Waals surface area contributed by atoms with Crippen LogP contribution in [0, 0.1) is 0 Å². The zero-order chi connectivity index (χ0) is 36.4. The summed E-state index contributed by atoms with van der Waals surface area (Å²) in [4.78, 5) is 14.4. The molecule has 0 amide bonds. The third-order valence-electron chi connectivity index (χ3n) is 9.39. The number of unbranched alkanes of at least 4 members (excludes halogenated alkanes) is 19. The second kappa shape index (κ2) is 42.2. The number of allylic oxidation sites excluding steroid dienone is 4. The van der Waals surface area contributed by atoms with Crippen molar-refractivity contribution in [2.45, 2.75) is 207 Å². The SMILES string of the molecule is CC/C=C\CCCCOC(CCCCCCCN(CCO)CCCCCCCC(=O)OCCCCCCCCCC)OCCCC/C=C\CC. The van der Waals surface area contributed by atoms with Crippen LogP contribution in [0.4, 0.5) is 0 Å². The molecule has 0 spiro atoms. The Bertz CT molecular complexity index is 703. The molecule has 0 unspecified atom stereocenters. The molecule has 296 valence electrons. The lowest BCUT2D eigenvalue weighted by atomic mass is 10.1. The van der Waals surface area contributed by atoms with Crippen LogP contribution < -0.4 is 0 Å². The summed E-state index contributed by atoms with van der Waals surface area (Å²) in [5, 5.41) is 9.57. The smallest absolute Gasteiger partial charge is 0.305 e. The third-order valence-corrected chi connectivity index (χ3v) is 9.39. The Hall–Kier alpha value is -1.21. The van der Waals surface area contributed by atoms with Gasteiger partial charge < -0.3 is 24.2 Å². The highest BCUT2D eigenvalue weighted by Crippen LogP contribution is 2.14. The van der Waals surface area contributed by atoms with Crippen LogP contribution >= 0.6 is 0 Å². The summed E-state index contributed by atoms with van der Waals surface area (Å²) in [7, 11) is 0. The van der Waals surface area contributed by atoms with Gasteiger partial charge in [0.15, 0.2) is 6.29 Å². The van der Waals surface area contributed by atoms with Crippen LogP contribution in [0.25, 0.3) is 0 Å². The second-order valence-corrected chi connectivity index (χ2v) is 14.3. The molecule has 0 saturated carbocycles. The molecule has 0 fully saturated rings. The highest BCUT2D eigenvalue weighted by atomic mass is 16.7. The zero-order valence-electron chi connectivity index (χ0n) is 33.7. The van der Waals surface area contributed by atoms with E-state index < -0.39 is 0 Å². The number of hydrogen-bond donors (Lipinski definition) is 1. The first-order valence-electron chi connectivity index (χ1n) is 21.7. The summed E-state index contributed by atoms with van der Waals surface area (Å²) in [6.45, 7) is 11.9. The molecule has 1 N–H and O–H groups in total. The van der Waals surface area contributed by atoms with E-state index in [1.165, 1.54) is 96.3 Å². The van der Waals surface area contributed by atoms with Crippen molar-refractivity contribution in [1.29, 1.82) is 0 Å². The Morgan fingerprint density at radius 2 is 1.02 bits per heavy atom. The van der Waals surface area contributed by atoms with E-state index in [2.05, 4.69) is 50.0 Å². The van der Waals surface area contributed by atoms with Crippen LogP contribution in [-0.2, 0) is 19.0 Å². The van der Waals surface area contributed by atoms with Gasteiger partial charge in [-0.3, -0.25) is 4.79 Å². The van der Waals surface area contributed by atoms with Gasteiger partial charge in [-0.2, -0.15) is 0 Å². The minimum atomic E-state index is -0.0641. The van der Waals surface area contributed by atoms with Crippen molar-refractivity contribution >= 4 is 5.97 Å². The Labute approximate surface area is 311 Å². The molecule has 6 nitrogen and oxygen atoms in total. The standard InChI is InChI=1S/C44H85NO5/c1-4-7-10-13-16-17-26-31-40-48-43(47)34-27-20-18-22-29-36-45(38-39-46)37-30-23-19-21-28-35-44(49-41-32-24-14-11-8-5-2)50-42-33-25-15-12-9-6-3/h8-9,11-12,44,46H,4-7,10,13-42H2,1-3H3/b11-8-,12-9-. The molecule has 0 atom stereocenters. The normalized spacial score (nSPS) is 12.0. The predicted molar refractivity (Wildman–Crippen MR) is 215 cm³/mol. The van der Waals surface area contributed by atoms with E-state index in [0.717, 1.165) is 110 Å². The lowest BCUT2D eigenvalue weighted by molar-refractivity contribution is -0.148. The van der Waals surface area contributed by atoms with Crippen molar-refractivity contribution in [1.82, 2.24) is 4.90 Å². The van der Waals surface area contributed by atoms with Gasteiger partial charge in [-0.05, 0) is 103 Å². The Balaban J connectivity index is 3.95. The zero-order valence-corrected chi connectivity index (χ0v) is 33.7. The Morgan fingerprint density at radius 3 is 1.56 bits per heavy atom. The molecule has 0 aromatic heterocycles. The molecule has 0 aromatic rings. The van der Waals surface area contributed by atoms with Gasteiger partial charge in [-0.25, -0.2) is 0 Å². The summed E-state index contributed by atoms with van der Waals surface area (Å²) >= 11 is 0. The summed E-state index contributed by atoms with van der Waals surface area (Å²) in [5.74, 6) is -0.0216. The highest BCUT2D eigenvalue weighted by Gasteiger charge is 2.10. The van der Waals surface area contributed by atoms with Crippen molar-refractivity contribution in [3.8, 4) is 0 Å². The molecule has 50 heavy (non-hydrogen) atoms. The van der Waals surface area contributed by atoms with E-state index in [1.807, 2.05) is 0 Å². The molecular formula is C44H85NO5. The number of hydrogen-bond acceptors (Lipinski definition) is 6. The van der Waals surface area contributed by atoms with E-state index in [0.29, 0.717) is 13.0 Å². The Kier molecular flexibility index (Phi) is 41.2. The summed E-state index contributed by atoms with van der Waals surface area (Å²) in [6.07, 6.45) is 41.3. The number of aliphatic hydroxyl groups excluding tert-OH is 1. The van der Waals surface area contributed by atoms with Crippen molar-refractivity contribution in [2.75, 3.05) is 46.1 Å². The fourth-order valence-corrected chi connectivity index (χ4v) is 6.22. The van der Waals surface area contributed by atoms with Gasteiger partial charge in [0, 0.05) is 26.2 Å². The molecule has 0 aliphatic heterocycles. The number of ether oxygens (including phenoxy) is 3. The monoisotopic (exact) mass is 708 g/mol. The van der Waals surface area contributed by atoms with Crippen molar-refractivity contribution in [3.05, 3.63) is 24.3 Å². The largest absolute Gasteiger partial charge is 0.466 e. The van der Waals surface area contributed by atoms with Crippen LogP contribution in [0.2, 0.25) is 0 Å². The maximum Gasteiger partial charge on any atom is 0.305 e. The third kappa shape index (κ3) is 38.0. The molecular weight excluding hydrogens is 622 g/mol. The minimum absolute atomic E-state index is 0.0216. The van der Waals surface area contributed by atoms with Crippen LogP contribution in [0.1, 0.15) is 201 Å². The first-order valence-corrected chi connectivity index (χ1v) is 21.7. The van der Waals surface area contributed by atoms with Crippen LogP contribution in [0.5, 0.6) is 0 Å². The van der Waals surface area contributed by atoms with Crippen molar-refractivity contribution in [2.24, 2.45) is 0 Å². The number of carbonyl (C=O) groups is 1. The van der Waals surface area contributed by atoms with Gasteiger partial charge in [-0.1, -0.05) is 129 Å². The summed E-state index contributed by atoms with van der Waals surface area (Å²) in [5.41, 5.74) is 0. The Morgan fingerprint density at radius 1 is 0.540 bits per heavy atom. The maximum atomic E-state index is 12.0. The molecule has 0 saturated heterocycles. The summed E-state index contributed by atoms with van der Waals surface area (Å²) in [6, 6.07) is 0. The molecule has 0 aliphatic rings. The topological polar surface area (TPSA) is 68.2 Å². The van der Waals surface area contributed by atoms with E-state index in [4.69, 9.17) is 14.2 Å². The quantitative estimate of drug-likeness (QED) is 0.0295. The average Bonchev–Trinajstić information content (AvgIpc) is 3.12. The first kappa shape index (κ1) is 48.8. The number of carbonyl (C=O) groups excluding carboxylic acids is 1. The average molecular weight is 708 g/mol. The van der Waals surface area contributed by atoms with E-state index in [1.54, 1.807) is 0 Å². The molecule has 0 rings (SSSR count). The van der Waals surface area contributed by atoms with E-state index in [-0.39, 0.29) is 18.9 Å². The number of aliphatic hydroxyl groups is 1. The van der Waals surface area contributed by atoms with Gasteiger partial charge in [0.2, 0.25) is 0 Å². The van der Waals surface area contributed by atoms with Gasteiger partial charge in [0.25, 0.3) is 0 Å². The molecule has 0 aromatic carbocycles. The predicted octanol–water partition coefficient (Wildman–Crippen LogP) is 12.3. The van der Waals surface area contributed by atoms with Gasteiger partial charge >= 0.3 is 5.97 Å². The molecule has 0 radical (unpaired) electrons. The lowest BCUT2D eigenvalue weighted by Gasteiger charge is -2.21. The van der Waals surface area contributed by atoms with Crippen LogP contribution in [-0.4, -0.2) is 68.3 Å². The van der Waals surface area contributed by atoms with Gasteiger partial charge in [0.1, 0.15) is 0 Å². The lowest BCUT2D eigenvalue weighted by Crippen LogP contribution is -2.29. The molecule has 0 bridgehead atoms. The fourth-order valence-electron chi connectivity index (χ4n) is 6.22. The molecule has 0 aliphatic carbocycles. The number of rotatable bonds is 41. The van der Waals surface area contributed by atoms with E-state index >= 15 is 0 Å². The van der Waals surface area contributed by atoms with Crippen molar-refractivity contribution in [3.63, 3.8) is 0 Å². The van der Waals surface area contributed by atoms with E-state index in [9.17, 15) is 9.90 Å². The van der Waals surface area contributed by atoms with Gasteiger partial charge in [-0.15, -0.1) is 0 Å².